The lowest BCUT2D eigenvalue weighted by molar-refractivity contribution is 0.413. The summed E-state index contributed by atoms with van der Waals surface area (Å²) in [6, 6.07) is 31.9. The molecule has 1 heterocycles. The van der Waals surface area contributed by atoms with E-state index in [4.69, 9.17) is 0 Å². The maximum absolute atomic E-state index is 2.63. The van der Waals surface area contributed by atoms with Crippen molar-refractivity contribution in [2.75, 3.05) is 0 Å². The molecule has 1 aliphatic heterocycles. The SMILES string of the molecule is Cc1ccccc1C1C(C)N1C(c1ccccc1)c1ccccc1. The van der Waals surface area contributed by atoms with Crippen LogP contribution in [0.3, 0.4) is 0 Å². The molecule has 3 atom stereocenters. The van der Waals surface area contributed by atoms with Gasteiger partial charge in [-0.15, -0.1) is 0 Å². The highest BCUT2D eigenvalue weighted by atomic mass is 15.4. The summed E-state index contributed by atoms with van der Waals surface area (Å²) in [6.45, 7) is 4.56. The molecule has 3 unspecified atom stereocenters. The van der Waals surface area contributed by atoms with E-state index >= 15 is 0 Å². The number of hydrogen-bond acceptors (Lipinski definition) is 1. The van der Waals surface area contributed by atoms with E-state index in [1.165, 1.54) is 22.3 Å². The van der Waals surface area contributed by atoms with Gasteiger partial charge >= 0.3 is 0 Å². The molecule has 24 heavy (non-hydrogen) atoms. The van der Waals surface area contributed by atoms with Crippen LogP contribution in [0.5, 0.6) is 0 Å². The van der Waals surface area contributed by atoms with Crippen LogP contribution >= 0.6 is 0 Å². The third-order valence-electron chi connectivity index (χ3n) is 5.19. The normalized spacial score (nSPS) is 22.5. The minimum atomic E-state index is 0.312. The molecule has 0 amide bonds. The van der Waals surface area contributed by atoms with Gasteiger partial charge in [0.2, 0.25) is 0 Å². The van der Waals surface area contributed by atoms with Crippen LogP contribution in [0.2, 0.25) is 0 Å². The molecule has 4 rings (SSSR count). The first kappa shape index (κ1) is 15.2. The zero-order valence-electron chi connectivity index (χ0n) is 14.3. The van der Waals surface area contributed by atoms with Gasteiger partial charge in [0.15, 0.2) is 0 Å². The second-order valence-corrected chi connectivity index (χ2v) is 6.71. The first-order valence-corrected chi connectivity index (χ1v) is 8.70. The fourth-order valence-electron chi connectivity index (χ4n) is 3.91. The molecular weight excluding hydrogens is 290 g/mol. The quantitative estimate of drug-likeness (QED) is 0.572. The molecule has 120 valence electrons. The van der Waals surface area contributed by atoms with Gasteiger partial charge in [-0.1, -0.05) is 84.9 Å². The van der Waals surface area contributed by atoms with Gasteiger partial charge in [0.25, 0.3) is 0 Å². The van der Waals surface area contributed by atoms with E-state index < -0.39 is 0 Å². The molecular formula is C23H23N. The van der Waals surface area contributed by atoms with Crippen LogP contribution in [-0.2, 0) is 0 Å². The van der Waals surface area contributed by atoms with Gasteiger partial charge in [0.1, 0.15) is 0 Å². The van der Waals surface area contributed by atoms with Crippen LogP contribution in [-0.4, -0.2) is 10.9 Å². The van der Waals surface area contributed by atoms with Gasteiger partial charge in [0, 0.05) is 6.04 Å². The summed E-state index contributed by atoms with van der Waals surface area (Å²) >= 11 is 0. The van der Waals surface area contributed by atoms with Crippen LogP contribution in [0.15, 0.2) is 84.9 Å². The van der Waals surface area contributed by atoms with E-state index in [1.807, 2.05) is 0 Å². The largest absolute Gasteiger partial charge is 0.279 e. The van der Waals surface area contributed by atoms with E-state index in [0.717, 1.165) is 0 Å². The molecule has 0 bridgehead atoms. The predicted molar refractivity (Wildman–Crippen MR) is 99.9 cm³/mol. The Labute approximate surface area is 144 Å². The highest BCUT2D eigenvalue weighted by Crippen LogP contribution is 2.51. The van der Waals surface area contributed by atoms with E-state index in [-0.39, 0.29) is 0 Å². The first-order chi connectivity index (χ1) is 11.8. The predicted octanol–water partition coefficient (Wildman–Crippen LogP) is 5.53. The average molecular weight is 313 g/mol. The van der Waals surface area contributed by atoms with Gasteiger partial charge in [-0.05, 0) is 36.1 Å². The monoisotopic (exact) mass is 313 g/mol. The Morgan fingerprint density at radius 2 is 1.21 bits per heavy atom. The average Bonchev–Trinajstić information content (AvgIpc) is 3.28. The Kier molecular flexibility index (Phi) is 3.95. The number of rotatable bonds is 4. The Hall–Kier alpha value is -2.38. The van der Waals surface area contributed by atoms with E-state index in [0.29, 0.717) is 18.1 Å². The highest BCUT2D eigenvalue weighted by molar-refractivity contribution is 5.39. The van der Waals surface area contributed by atoms with Crippen molar-refractivity contribution in [2.45, 2.75) is 32.0 Å². The number of nitrogens with zero attached hydrogens (tertiary/aromatic N) is 1. The van der Waals surface area contributed by atoms with Crippen molar-refractivity contribution in [3.63, 3.8) is 0 Å². The lowest BCUT2D eigenvalue weighted by Gasteiger charge is -2.21. The summed E-state index contributed by atoms with van der Waals surface area (Å²) < 4.78 is 0. The van der Waals surface area contributed by atoms with Gasteiger partial charge < -0.3 is 0 Å². The molecule has 1 heteroatoms. The fourth-order valence-corrected chi connectivity index (χ4v) is 3.91. The van der Waals surface area contributed by atoms with E-state index in [2.05, 4.69) is 104 Å². The number of benzene rings is 3. The summed E-state index contributed by atoms with van der Waals surface area (Å²) in [5.74, 6) is 0. The summed E-state index contributed by atoms with van der Waals surface area (Å²) in [5.41, 5.74) is 5.58. The zero-order valence-corrected chi connectivity index (χ0v) is 14.3. The van der Waals surface area contributed by atoms with Gasteiger partial charge in [-0.2, -0.15) is 0 Å². The molecule has 0 radical (unpaired) electrons. The minimum absolute atomic E-state index is 0.312. The van der Waals surface area contributed by atoms with Crippen molar-refractivity contribution >= 4 is 0 Å². The summed E-state index contributed by atoms with van der Waals surface area (Å²) in [5, 5.41) is 0. The smallest absolute Gasteiger partial charge is 0.0611 e. The van der Waals surface area contributed by atoms with Crippen molar-refractivity contribution in [3.05, 3.63) is 107 Å². The molecule has 3 aromatic rings. The lowest BCUT2D eigenvalue weighted by atomic mass is 9.98. The summed E-state index contributed by atoms with van der Waals surface area (Å²) in [4.78, 5) is 2.63. The number of aryl methyl sites for hydroxylation is 1. The van der Waals surface area contributed by atoms with Crippen LogP contribution in [0.1, 0.15) is 41.3 Å². The van der Waals surface area contributed by atoms with Crippen molar-refractivity contribution in [1.29, 1.82) is 0 Å². The molecule has 0 N–H and O–H groups in total. The van der Waals surface area contributed by atoms with Crippen molar-refractivity contribution in [2.24, 2.45) is 0 Å². The van der Waals surface area contributed by atoms with Crippen LogP contribution < -0.4 is 0 Å². The van der Waals surface area contributed by atoms with Crippen molar-refractivity contribution < 1.29 is 0 Å². The van der Waals surface area contributed by atoms with Crippen LogP contribution in [0.25, 0.3) is 0 Å². The van der Waals surface area contributed by atoms with Gasteiger partial charge in [-0.3, -0.25) is 4.90 Å². The summed E-state index contributed by atoms with van der Waals surface area (Å²) in [7, 11) is 0. The molecule has 0 spiro atoms. The summed E-state index contributed by atoms with van der Waals surface area (Å²) in [6.07, 6.45) is 0. The molecule has 1 saturated heterocycles. The Bertz CT molecular complexity index is 770. The molecule has 1 nitrogen and oxygen atoms in total. The van der Waals surface area contributed by atoms with Crippen LogP contribution in [0, 0.1) is 6.92 Å². The maximum atomic E-state index is 2.63. The molecule has 1 aliphatic rings. The second-order valence-electron chi connectivity index (χ2n) is 6.71. The highest BCUT2D eigenvalue weighted by Gasteiger charge is 2.50. The Balaban J connectivity index is 1.74. The Morgan fingerprint density at radius 1 is 0.708 bits per heavy atom. The molecule has 0 aromatic heterocycles. The van der Waals surface area contributed by atoms with Crippen molar-refractivity contribution in [1.82, 2.24) is 4.90 Å². The third-order valence-corrected chi connectivity index (χ3v) is 5.19. The fraction of sp³-hybridized carbons (Fsp3) is 0.217. The van der Waals surface area contributed by atoms with Crippen molar-refractivity contribution in [3.8, 4) is 0 Å². The number of hydrogen-bond donors (Lipinski definition) is 0. The first-order valence-electron chi connectivity index (χ1n) is 8.70. The molecule has 0 saturated carbocycles. The minimum Gasteiger partial charge on any atom is -0.279 e. The van der Waals surface area contributed by atoms with Crippen LogP contribution in [0.4, 0.5) is 0 Å². The van der Waals surface area contributed by atoms with E-state index in [1.54, 1.807) is 0 Å². The van der Waals surface area contributed by atoms with Gasteiger partial charge in [0.05, 0.1) is 12.1 Å². The van der Waals surface area contributed by atoms with Gasteiger partial charge in [-0.25, -0.2) is 0 Å². The lowest BCUT2D eigenvalue weighted by Crippen LogP contribution is -2.13. The maximum Gasteiger partial charge on any atom is 0.0611 e. The molecule has 0 aliphatic carbocycles. The zero-order chi connectivity index (χ0) is 16.5. The standard InChI is InChI=1S/C23H23N/c1-17-11-9-10-16-21(17)22-18(2)24(22)23(19-12-5-3-6-13-19)20-14-7-4-8-15-20/h3-16,18,22-23H,1-2H3. The molecule has 3 aromatic carbocycles. The molecule has 1 fully saturated rings. The third kappa shape index (κ3) is 2.65. The Morgan fingerprint density at radius 3 is 1.75 bits per heavy atom. The second kappa shape index (κ2) is 6.26. The topological polar surface area (TPSA) is 3.01 Å². The van der Waals surface area contributed by atoms with E-state index in [9.17, 15) is 0 Å².